The number of rotatable bonds is 4. The lowest BCUT2D eigenvalue weighted by molar-refractivity contribution is -0.114. The summed E-state index contributed by atoms with van der Waals surface area (Å²) in [5, 5.41) is 5.68. The van der Waals surface area contributed by atoms with Crippen LogP contribution in [0.2, 0.25) is 0 Å². The molecule has 0 radical (unpaired) electrons. The van der Waals surface area contributed by atoms with Crippen molar-refractivity contribution in [1.29, 1.82) is 0 Å². The van der Waals surface area contributed by atoms with Gasteiger partial charge >= 0.3 is 0 Å². The van der Waals surface area contributed by atoms with Crippen molar-refractivity contribution in [2.45, 2.75) is 13.8 Å². The first-order valence-electron chi connectivity index (χ1n) is 6.41. The topological polar surface area (TPSA) is 41.1 Å². The number of carbonyl (C=O) groups is 1. The monoisotopic (exact) mass is 272 g/mol. The molecule has 104 valence electrons. The summed E-state index contributed by atoms with van der Waals surface area (Å²) in [6.07, 6.45) is 0. The van der Waals surface area contributed by atoms with Crippen LogP contribution in [0.5, 0.6) is 0 Å². The average molecular weight is 272 g/mol. The van der Waals surface area contributed by atoms with Crippen molar-refractivity contribution in [2.24, 2.45) is 0 Å². The molecular weight excluding hydrogens is 255 g/mol. The second-order valence-corrected chi connectivity index (χ2v) is 4.71. The van der Waals surface area contributed by atoms with Crippen molar-refractivity contribution >= 4 is 17.3 Å². The minimum Gasteiger partial charge on any atom is -0.376 e. The van der Waals surface area contributed by atoms with Gasteiger partial charge in [-0.05, 0) is 55.3 Å². The van der Waals surface area contributed by atoms with E-state index in [-0.39, 0.29) is 18.3 Å². The number of aryl methyl sites for hydroxylation is 2. The summed E-state index contributed by atoms with van der Waals surface area (Å²) in [5.74, 6) is -0.584. The van der Waals surface area contributed by atoms with Crippen LogP contribution in [0.25, 0.3) is 0 Å². The fourth-order valence-electron chi connectivity index (χ4n) is 1.81. The zero-order valence-corrected chi connectivity index (χ0v) is 11.5. The second kappa shape index (κ2) is 6.19. The minimum absolute atomic E-state index is 0.138. The Morgan fingerprint density at radius 2 is 1.85 bits per heavy atom. The maximum Gasteiger partial charge on any atom is 0.243 e. The van der Waals surface area contributed by atoms with Crippen molar-refractivity contribution in [3.8, 4) is 0 Å². The van der Waals surface area contributed by atoms with Gasteiger partial charge in [-0.15, -0.1) is 0 Å². The van der Waals surface area contributed by atoms with Gasteiger partial charge in [0, 0.05) is 11.4 Å². The summed E-state index contributed by atoms with van der Waals surface area (Å²) in [7, 11) is 0. The molecule has 0 spiro atoms. The standard InChI is InChI=1S/C16H17FN2O/c1-11-6-7-14(8-12(11)2)18-10-16(20)19-15-5-3-4-13(17)9-15/h3-9,18H,10H2,1-2H3,(H,19,20). The first-order valence-corrected chi connectivity index (χ1v) is 6.41. The van der Waals surface area contributed by atoms with Gasteiger partial charge < -0.3 is 10.6 Å². The first kappa shape index (κ1) is 14.1. The van der Waals surface area contributed by atoms with E-state index in [1.54, 1.807) is 12.1 Å². The molecule has 0 fully saturated rings. The first-order chi connectivity index (χ1) is 9.54. The third-order valence-corrected chi connectivity index (χ3v) is 3.07. The minimum atomic E-state index is -0.370. The third kappa shape index (κ3) is 3.82. The number of halogens is 1. The molecule has 20 heavy (non-hydrogen) atoms. The van der Waals surface area contributed by atoms with Gasteiger partial charge in [0.2, 0.25) is 5.91 Å². The second-order valence-electron chi connectivity index (χ2n) is 4.71. The molecule has 0 atom stereocenters. The van der Waals surface area contributed by atoms with Crippen LogP contribution in [0.3, 0.4) is 0 Å². The molecule has 0 heterocycles. The molecule has 1 amide bonds. The van der Waals surface area contributed by atoms with Gasteiger partial charge in [-0.3, -0.25) is 4.79 Å². The molecule has 2 aromatic carbocycles. The highest BCUT2D eigenvalue weighted by atomic mass is 19.1. The summed E-state index contributed by atoms with van der Waals surface area (Å²) in [5.41, 5.74) is 3.72. The molecule has 0 aliphatic carbocycles. The largest absolute Gasteiger partial charge is 0.376 e. The van der Waals surface area contributed by atoms with Crippen LogP contribution in [-0.2, 0) is 4.79 Å². The number of hydrogen-bond acceptors (Lipinski definition) is 2. The molecular formula is C16H17FN2O. The van der Waals surface area contributed by atoms with Crippen molar-refractivity contribution in [2.75, 3.05) is 17.2 Å². The van der Waals surface area contributed by atoms with Gasteiger partial charge in [0.1, 0.15) is 5.82 Å². The molecule has 2 aromatic rings. The van der Waals surface area contributed by atoms with Crippen LogP contribution in [0.15, 0.2) is 42.5 Å². The molecule has 0 saturated carbocycles. The van der Waals surface area contributed by atoms with Crippen LogP contribution in [-0.4, -0.2) is 12.5 Å². The van der Waals surface area contributed by atoms with Crippen molar-refractivity contribution in [1.82, 2.24) is 0 Å². The predicted molar refractivity (Wildman–Crippen MR) is 79.4 cm³/mol. The molecule has 0 aliphatic heterocycles. The highest BCUT2D eigenvalue weighted by Gasteiger charge is 2.03. The predicted octanol–water partition coefficient (Wildman–Crippen LogP) is 3.49. The molecule has 4 heteroatoms. The molecule has 0 unspecified atom stereocenters. The van der Waals surface area contributed by atoms with Crippen LogP contribution in [0, 0.1) is 19.7 Å². The number of amides is 1. The molecule has 0 aliphatic rings. The Labute approximate surface area is 117 Å². The molecule has 3 nitrogen and oxygen atoms in total. The fraction of sp³-hybridized carbons (Fsp3) is 0.188. The number of nitrogens with one attached hydrogen (secondary N) is 2. The summed E-state index contributed by atoms with van der Waals surface area (Å²) in [6.45, 7) is 4.20. The van der Waals surface area contributed by atoms with Crippen molar-refractivity contribution in [3.05, 3.63) is 59.4 Å². The smallest absolute Gasteiger partial charge is 0.243 e. The maximum atomic E-state index is 13.0. The van der Waals surface area contributed by atoms with Gasteiger partial charge in [0.25, 0.3) is 0 Å². The molecule has 2 rings (SSSR count). The van der Waals surface area contributed by atoms with E-state index in [0.717, 1.165) is 5.69 Å². The number of benzene rings is 2. The highest BCUT2D eigenvalue weighted by molar-refractivity contribution is 5.93. The lowest BCUT2D eigenvalue weighted by Crippen LogP contribution is -2.21. The van der Waals surface area contributed by atoms with Gasteiger partial charge in [-0.1, -0.05) is 12.1 Å². The maximum absolute atomic E-state index is 13.0. The molecule has 0 aromatic heterocycles. The Kier molecular flexibility index (Phi) is 4.35. The van der Waals surface area contributed by atoms with E-state index < -0.39 is 0 Å². The Bertz CT molecular complexity index is 626. The van der Waals surface area contributed by atoms with Crippen LogP contribution < -0.4 is 10.6 Å². The lowest BCUT2D eigenvalue weighted by atomic mass is 10.1. The summed E-state index contributed by atoms with van der Waals surface area (Å²) in [4.78, 5) is 11.8. The van der Waals surface area contributed by atoms with E-state index in [9.17, 15) is 9.18 Å². The van der Waals surface area contributed by atoms with E-state index in [2.05, 4.69) is 10.6 Å². The molecule has 0 saturated heterocycles. The van der Waals surface area contributed by atoms with Crippen molar-refractivity contribution < 1.29 is 9.18 Å². The molecule has 2 N–H and O–H groups in total. The SMILES string of the molecule is Cc1ccc(NCC(=O)Nc2cccc(F)c2)cc1C. The van der Waals surface area contributed by atoms with E-state index in [1.807, 2.05) is 32.0 Å². The number of carbonyl (C=O) groups excluding carboxylic acids is 1. The fourth-order valence-corrected chi connectivity index (χ4v) is 1.81. The zero-order valence-electron chi connectivity index (χ0n) is 11.5. The van der Waals surface area contributed by atoms with Crippen LogP contribution in [0.4, 0.5) is 15.8 Å². The number of anilines is 2. The van der Waals surface area contributed by atoms with Gasteiger partial charge in [0.15, 0.2) is 0 Å². The Balaban J connectivity index is 1.90. The third-order valence-electron chi connectivity index (χ3n) is 3.07. The van der Waals surface area contributed by atoms with E-state index in [4.69, 9.17) is 0 Å². The van der Waals surface area contributed by atoms with Crippen LogP contribution >= 0.6 is 0 Å². The Morgan fingerprint density at radius 3 is 2.55 bits per heavy atom. The summed E-state index contributed by atoms with van der Waals surface area (Å²) >= 11 is 0. The lowest BCUT2D eigenvalue weighted by Gasteiger charge is -2.09. The summed E-state index contributed by atoms with van der Waals surface area (Å²) < 4.78 is 13.0. The van der Waals surface area contributed by atoms with E-state index in [0.29, 0.717) is 5.69 Å². The Hall–Kier alpha value is -2.36. The number of hydrogen-bond donors (Lipinski definition) is 2. The van der Waals surface area contributed by atoms with E-state index >= 15 is 0 Å². The van der Waals surface area contributed by atoms with Gasteiger partial charge in [-0.25, -0.2) is 4.39 Å². The van der Waals surface area contributed by atoms with Crippen LogP contribution in [0.1, 0.15) is 11.1 Å². The van der Waals surface area contributed by atoms with Gasteiger partial charge in [-0.2, -0.15) is 0 Å². The Morgan fingerprint density at radius 1 is 1.05 bits per heavy atom. The molecule has 0 bridgehead atoms. The van der Waals surface area contributed by atoms with Crippen molar-refractivity contribution in [3.63, 3.8) is 0 Å². The highest BCUT2D eigenvalue weighted by Crippen LogP contribution is 2.14. The normalized spacial score (nSPS) is 10.2. The quantitative estimate of drug-likeness (QED) is 0.894. The average Bonchev–Trinajstić information content (AvgIpc) is 2.40. The zero-order chi connectivity index (χ0) is 14.5. The summed E-state index contributed by atoms with van der Waals surface area (Å²) in [6, 6.07) is 11.8. The van der Waals surface area contributed by atoms with Gasteiger partial charge in [0.05, 0.1) is 6.54 Å². The van der Waals surface area contributed by atoms with E-state index in [1.165, 1.54) is 23.3 Å².